The highest BCUT2D eigenvalue weighted by molar-refractivity contribution is 5.92. The summed E-state index contributed by atoms with van der Waals surface area (Å²) >= 11 is 0. The van der Waals surface area contributed by atoms with Crippen LogP contribution in [0.4, 0.5) is 5.69 Å². The third-order valence-electron chi connectivity index (χ3n) is 3.05. The topological polar surface area (TPSA) is 59.6 Å². The van der Waals surface area contributed by atoms with Crippen LogP contribution in [0.3, 0.4) is 0 Å². The fourth-order valence-corrected chi connectivity index (χ4v) is 2.02. The van der Waals surface area contributed by atoms with Gasteiger partial charge in [-0.3, -0.25) is 4.79 Å². The molecule has 0 spiro atoms. The number of aryl methyl sites for hydroxylation is 1. The molecule has 0 saturated heterocycles. The van der Waals surface area contributed by atoms with Crippen LogP contribution in [0.15, 0.2) is 12.1 Å². The molecule has 0 radical (unpaired) electrons. The van der Waals surface area contributed by atoms with E-state index in [1.807, 2.05) is 26.8 Å². The van der Waals surface area contributed by atoms with Crippen molar-refractivity contribution in [3.63, 3.8) is 0 Å². The van der Waals surface area contributed by atoms with Crippen LogP contribution in [-0.2, 0) is 4.79 Å². The lowest BCUT2D eigenvalue weighted by Crippen LogP contribution is -2.30. The van der Waals surface area contributed by atoms with Gasteiger partial charge in [-0.15, -0.1) is 0 Å². The van der Waals surface area contributed by atoms with E-state index in [1.54, 1.807) is 20.3 Å². The van der Waals surface area contributed by atoms with Gasteiger partial charge in [0.05, 0.1) is 14.2 Å². The fraction of sp³-hybridized carbons (Fsp3) is 0.533. The standard InChI is InChI=1S/C15H24N2O3/c1-6-16-11(3)8-15(18)17-12-9-14(20-5)13(19-4)7-10(12)2/h7,9,11,16H,6,8H2,1-5H3,(H,17,18). The van der Waals surface area contributed by atoms with Crippen molar-refractivity contribution < 1.29 is 14.3 Å². The van der Waals surface area contributed by atoms with Crippen LogP contribution in [-0.4, -0.2) is 32.7 Å². The molecule has 1 unspecified atom stereocenters. The molecule has 0 aromatic heterocycles. The maximum absolute atomic E-state index is 12.0. The van der Waals surface area contributed by atoms with E-state index in [0.717, 1.165) is 17.8 Å². The lowest BCUT2D eigenvalue weighted by atomic mass is 10.1. The number of anilines is 1. The number of hydrogen-bond acceptors (Lipinski definition) is 4. The van der Waals surface area contributed by atoms with Crippen LogP contribution in [0.1, 0.15) is 25.8 Å². The number of carbonyl (C=O) groups excluding carboxylic acids is 1. The van der Waals surface area contributed by atoms with Gasteiger partial charge in [-0.2, -0.15) is 0 Å². The molecule has 112 valence electrons. The van der Waals surface area contributed by atoms with Gasteiger partial charge >= 0.3 is 0 Å². The molecule has 5 heteroatoms. The van der Waals surface area contributed by atoms with E-state index >= 15 is 0 Å². The van der Waals surface area contributed by atoms with Gasteiger partial charge in [-0.1, -0.05) is 6.92 Å². The highest BCUT2D eigenvalue weighted by Crippen LogP contribution is 2.32. The molecule has 0 aliphatic heterocycles. The van der Waals surface area contributed by atoms with Gasteiger partial charge in [-0.05, 0) is 32.0 Å². The van der Waals surface area contributed by atoms with Crippen LogP contribution in [0.25, 0.3) is 0 Å². The molecule has 0 saturated carbocycles. The van der Waals surface area contributed by atoms with Crippen molar-refractivity contribution in [2.24, 2.45) is 0 Å². The molecule has 0 bridgehead atoms. The smallest absolute Gasteiger partial charge is 0.225 e. The number of rotatable bonds is 7. The summed E-state index contributed by atoms with van der Waals surface area (Å²) in [5, 5.41) is 6.12. The number of ether oxygens (including phenoxy) is 2. The highest BCUT2D eigenvalue weighted by Gasteiger charge is 2.12. The van der Waals surface area contributed by atoms with E-state index in [1.165, 1.54) is 0 Å². The van der Waals surface area contributed by atoms with Crippen molar-refractivity contribution in [3.8, 4) is 11.5 Å². The minimum atomic E-state index is -0.0197. The number of methoxy groups -OCH3 is 2. The summed E-state index contributed by atoms with van der Waals surface area (Å²) < 4.78 is 10.5. The molecule has 1 atom stereocenters. The molecule has 0 fully saturated rings. The Morgan fingerprint density at radius 1 is 1.25 bits per heavy atom. The van der Waals surface area contributed by atoms with Gasteiger partial charge in [-0.25, -0.2) is 0 Å². The average Bonchev–Trinajstić information content (AvgIpc) is 2.40. The molecule has 1 aromatic carbocycles. The quantitative estimate of drug-likeness (QED) is 0.805. The number of hydrogen-bond donors (Lipinski definition) is 2. The Hall–Kier alpha value is -1.75. The van der Waals surface area contributed by atoms with E-state index in [0.29, 0.717) is 17.9 Å². The largest absolute Gasteiger partial charge is 0.493 e. The number of carbonyl (C=O) groups is 1. The third kappa shape index (κ3) is 4.42. The van der Waals surface area contributed by atoms with E-state index in [9.17, 15) is 4.79 Å². The van der Waals surface area contributed by atoms with Crippen LogP contribution in [0.5, 0.6) is 11.5 Å². The Balaban J connectivity index is 2.79. The predicted octanol–water partition coefficient (Wildman–Crippen LogP) is 2.34. The summed E-state index contributed by atoms with van der Waals surface area (Å²) in [6.07, 6.45) is 0.432. The summed E-state index contributed by atoms with van der Waals surface area (Å²) in [6.45, 7) is 6.78. The molecule has 1 aromatic rings. The maximum Gasteiger partial charge on any atom is 0.225 e. The molecule has 0 heterocycles. The zero-order valence-corrected chi connectivity index (χ0v) is 12.9. The first-order chi connectivity index (χ1) is 9.51. The van der Waals surface area contributed by atoms with Crippen LogP contribution < -0.4 is 20.1 Å². The minimum Gasteiger partial charge on any atom is -0.493 e. The van der Waals surface area contributed by atoms with E-state index < -0.39 is 0 Å². The second-order valence-corrected chi connectivity index (χ2v) is 4.73. The molecule has 0 aliphatic carbocycles. The van der Waals surface area contributed by atoms with Gasteiger partial charge in [0.2, 0.25) is 5.91 Å². The predicted molar refractivity (Wildman–Crippen MR) is 80.7 cm³/mol. The lowest BCUT2D eigenvalue weighted by molar-refractivity contribution is -0.116. The molecular weight excluding hydrogens is 256 g/mol. The van der Waals surface area contributed by atoms with Crippen molar-refractivity contribution in [2.75, 3.05) is 26.1 Å². The van der Waals surface area contributed by atoms with Crippen molar-refractivity contribution in [2.45, 2.75) is 33.2 Å². The first-order valence-corrected chi connectivity index (χ1v) is 6.77. The first kappa shape index (κ1) is 16.3. The summed E-state index contributed by atoms with van der Waals surface area (Å²) in [4.78, 5) is 12.0. The SMILES string of the molecule is CCNC(C)CC(=O)Nc1cc(OC)c(OC)cc1C. The van der Waals surface area contributed by atoms with Crippen molar-refractivity contribution >= 4 is 11.6 Å². The normalized spacial score (nSPS) is 11.8. The summed E-state index contributed by atoms with van der Waals surface area (Å²) in [6, 6.07) is 3.78. The summed E-state index contributed by atoms with van der Waals surface area (Å²) in [7, 11) is 3.17. The zero-order chi connectivity index (χ0) is 15.1. The molecular formula is C15H24N2O3. The van der Waals surface area contributed by atoms with Crippen LogP contribution >= 0.6 is 0 Å². The second kappa shape index (κ2) is 7.75. The Morgan fingerprint density at radius 2 is 1.85 bits per heavy atom. The monoisotopic (exact) mass is 280 g/mol. The van der Waals surface area contributed by atoms with Crippen molar-refractivity contribution in [3.05, 3.63) is 17.7 Å². The first-order valence-electron chi connectivity index (χ1n) is 6.77. The maximum atomic E-state index is 12.0. The van der Waals surface area contributed by atoms with E-state index in [4.69, 9.17) is 9.47 Å². The fourth-order valence-electron chi connectivity index (χ4n) is 2.02. The van der Waals surface area contributed by atoms with Gasteiger partial charge in [0.25, 0.3) is 0 Å². The summed E-state index contributed by atoms with van der Waals surface area (Å²) in [5.41, 5.74) is 1.68. The Labute approximate surface area is 120 Å². The van der Waals surface area contributed by atoms with Crippen molar-refractivity contribution in [1.82, 2.24) is 5.32 Å². The average molecular weight is 280 g/mol. The van der Waals surface area contributed by atoms with Gasteiger partial charge in [0.15, 0.2) is 11.5 Å². The number of nitrogens with one attached hydrogen (secondary N) is 2. The molecule has 0 aliphatic rings. The molecule has 20 heavy (non-hydrogen) atoms. The minimum absolute atomic E-state index is 0.0197. The molecule has 2 N–H and O–H groups in total. The second-order valence-electron chi connectivity index (χ2n) is 4.73. The number of amides is 1. The number of benzene rings is 1. The molecule has 1 rings (SSSR count). The zero-order valence-electron chi connectivity index (χ0n) is 12.9. The third-order valence-corrected chi connectivity index (χ3v) is 3.05. The van der Waals surface area contributed by atoms with E-state index in [-0.39, 0.29) is 11.9 Å². The van der Waals surface area contributed by atoms with Crippen LogP contribution in [0.2, 0.25) is 0 Å². The summed E-state index contributed by atoms with van der Waals surface area (Å²) in [5.74, 6) is 1.24. The lowest BCUT2D eigenvalue weighted by Gasteiger charge is -2.15. The molecule has 5 nitrogen and oxygen atoms in total. The Morgan fingerprint density at radius 3 is 2.40 bits per heavy atom. The molecule has 1 amide bonds. The van der Waals surface area contributed by atoms with Gasteiger partial charge in [0, 0.05) is 24.2 Å². The van der Waals surface area contributed by atoms with Crippen LogP contribution in [0, 0.1) is 6.92 Å². The van der Waals surface area contributed by atoms with Gasteiger partial charge in [0.1, 0.15) is 0 Å². The highest BCUT2D eigenvalue weighted by atomic mass is 16.5. The Bertz CT molecular complexity index is 461. The van der Waals surface area contributed by atoms with E-state index in [2.05, 4.69) is 10.6 Å². The Kier molecular flexibility index (Phi) is 6.31. The van der Waals surface area contributed by atoms with Gasteiger partial charge < -0.3 is 20.1 Å². The van der Waals surface area contributed by atoms with Crippen molar-refractivity contribution in [1.29, 1.82) is 0 Å².